The highest BCUT2D eigenvalue weighted by Crippen LogP contribution is 2.36. The van der Waals surface area contributed by atoms with Crippen molar-refractivity contribution < 1.29 is 12.8 Å². The lowest BCUT2D eigenvalue weighted by Crippen LogP contribution is -2.27. The van der Waals surface area contributed by atoms with Gasteiger partial charge in [-0.2, -0.15) is 5.10 Å². The molecule has 0 spiro atoms. The number of nitrogens with zero attached hydrogens (tertiary/aromatic N) is 2. The summed E-state index contributed by atoms with van der Waals surface area (Å²) in [6, 6.07) is 25.6. The van der Waals surface area contributed by atoms with Crippen molar-refractivity contribution in [3.05, 3.63) is 115 Å². The lowest BCUT2D eigenvalue weighted by Gasteiger charge is -2.16. The van der Waals surface area contributed by atoms with Crippen molar-refractivity contribution >= 4 is 10.0 Å². The van der Waals surface area contributed by atoms with Gasteiger partial charge in [0, 0.05) is 23.5 Å². The van der Waals surface area contributed by atoms with Gasteiger partial charge in [0.25, 0.3) is 0 Å². The van der Waals surface area contributed by atoms with Gasteiger partial charge in [-0.05, 0) is 72.1 Å². The highest BCUT2D eigenvalue weighted by molar-refractivity contribution is 7.89. The van der Waals surface area contributed by atoms with Gasteiger partial charge in [0.05, 0.1) is 16.6 Å². The zero-order valence-electron chi connectivity index (χ0n) is 19.4. The van der Waals surface area contributed by atoms with Gasteiger partial charge in [0.1, 0.15) is 11.5 Å². The molecule has 5 rings (SSSR count). The summed E-state index contributed by atoms with van der Waals surface area (Å²) >= 11 is 0. The van der Waals surface area contributed by atoms with Crippen LogP contribution in [-0.2, 0) is 10.0 Å². The van der Waals surface area contributed by atoms with Crippen molar-refractivity contribution in [2.24, 2.45) is 0 Å². The molecule has 3 aromatic carbocycles. The summed E-state index contributed by atoms with van der Waals surface area (Å²) < 4.78 is 42.7. The van der Waals surface area contributed by atoms with Crippen molar-refractivity contribution in [2.75, 3.05) is 0 Å². The molecule has 180 valence electrons. The first-order chi connectivity index (χ1) is 17.4. The molecule has 36 heavy (non-hydrogen) atoms. The number of hydrogen-bond donors (Lipinski definition) is 2. The molecule has 0 amide bonds. The van der Waals surface area contributed by atoms with Crippen LogP contribution in [0, 0.1) is 5.82 Å². The molecular weight excluding hydrogens is 475 g/mol. The summed E-state index contributed by atoms with van der Waals surface area (Å²) in [7, 11) is -3.83. The van der Waals surface area contributed by atoms with Gasteiger partial charge in [-0.15, -0.1) is 0 Å². The molecule has 5 aromatic rings. The molecule has 0 fully saturated rings. The first-order valence-electron chi connectivity index (χ1n) is 11.3. The van der Waals surface area contributed by atoms with Crippen LogP contribution in [0.2, 0.25) is 0 Å². The van der Waals surface area contributed by atoms with E-state index in [4.69, 9.17) is 0 Å². The quantitative estimate of drug-likeness (QED) is 0.289. The van der Waals surface area contributed by atoms with Crippen molar-refractivity contribution in [3.8, 4) is 33.5 Å². The Morgan fingerprint density at radius 3 is 2.06 bits per heavy atom. The van der Waals surface area contributed by atoms with E-state index < -0.39 is 16.1 Å². The second kappa shape index (κ2) is 9.85. The van der Waals surface area contributed by atoms with E-state index in [1.807, 2.05) is 42.5 Å². The molecule has 8 heteroatoms. The van der Waals surface area contributed by atoms with Crippen molar-refractivity contribution in [2.45, 2.75) is 17.9 Å². The molecule has 0 aliphatic rings. The topological polar surface area (TPSA) is 87.7 Å². The first kappa shape index (κ1) is 23.6. The minimum absolute atomic E-state index is 0.165. The third kappa shape index (κ3) is 4.82. The van der Waals surface area contributed by atoms with Gasteiger partial charge in [0.15, 0.2) is 0 Å². The number of aromatic amines is 1. The highest BCUT2D eigenvalue weighted by atomic mass is 32.2. The van der Waals surface area contributed by atoms with Crippen LogP contribution in [0.1, 0.15) is 18.7 Å². The molecule has 0 saturated carbocycles. The third-order valence-corrected chi connectivity index (χ3v) is 7.47. The van der Waals surface area contributed by atoms with Gasteiger partial charge < -0.3 is 0 Å². The monoisotopic (exact) mass is 498 g/mol. The van der Waals surface area contributed by atoms with Crippen LogP contribution >= 0.6 is 0 Å². The Hall–Kier alpha value is -4.14. The Bertz CT molecular complexity index is 1570. The molecule has 6 nitrogen and oxygen atoms in total. The molecule has 0 aliphatic carbocycles. The van der Waals surface area contributed by atoms with Gasteiger partial charge >= 0.3 is 0 Å². The smallest absolute Gasteiger partial charge is 0.241 e. The summed E-state index contributed by atoms with van der Waals surface area (Å²) in [4.78, 5) is 4.24. The largest absolute Gasteiger partial charge is 0.280 e. The predicted molar refractivity (Wildman–Crippen MR) is 138 cm³/mol. The van der Waals surface area contributed by atoms with E-state index >= 15 is 0 Å². The molecule has 0 bridgehead atoms. The minimum Gasteiger partial charge on any atom is -0.280 e. The van der Waals surface area contributed by atoms with E-state index in [2.05, 4.69) is 19.9 Å². The third-order valence-electron chi connectivity index (χ3n) is 5.92. The molecule has 2 N–H and O–H groups in total. The molecule has 0 saturated heterocycles. The Morgan fingerprint density at radius 2 is 1.39 bits per heavy atom. The zero-order chi connectivity index (χ0) is 25.1. The van der Waals surface area contributed by atoms with Crippen LogP contribution in [0.3, 0.4) is 0 Å². The number of H-pyrrole nitrogens is 1. The fourth-order valence-corrected chi connectivity index (χ4v) is 5.33. The zero-order valence-corrected chi connectivity index (χ0v) is 20.2. The minimum atomic E-state index is -3.83. The Balaban J connectivity index is 1.47. The van der Waals surface area contributed by atoms with Crippen LogP contribution < -0.4 is 4.72 Å². The molecule has 2 heterocycles. The Labute approximate surface area is 208 Å². The first-order valence-corrected chi connectivity index (χ1v) is 12.8. The molecule has 2 aromatic heterocycles. The van der Waals surface area contributed by atoms with E-state index in [1.54, 1.807) is 55.7 Å². The highest BCUT2D eigenvalue weighted by Gasteiger charge is 2.25. The number of aromatic nitrogens is 3. The van der Waals surface area contributed by atoms with E-state index in [0.29, 0.717) is 17.0 Å². The summed E-state index contributed by atoms with van der Waals surface area (Å²) in [5.41, 5.74) is 5.36. The number of sulfonamides is 1. The van der Waals surface area contributed by atoms with E-state index in [9.17, 15) is 12.8 Å². The van der Waals surface area contributed by atoms with Crippen molar-refractivity contribution in [3.63, 3.8) is 0 Å². The lowest BCUT2D eigenvalue weighted by molar-refractivity contribution is 0.564. The SMILES string of the molecule is C[C@@H](NS(=O)(=O)c1ccc(-c2ccccc2)cc1)c1[nH]nc(-c2ccc(F)cc2)c1-c1ccncc1. The maximum atomic E-state index is 13.5. The number of rotatable bonds is 7. The molecule has 0 aliphatic heterocycles. The fraction of sp³-hybridized carbons (Fsp3) is 0.0714. The summed E-state index contributed by atoms with van der Waals surface area (Å²) in [6.45, 7) is 1.75. The molecule has 1 atom stereocenters. The van der Waals surface area contributed by atoms with Gasteiger partial charge in [-0.3, -0.25) is 10.1 Å². The lowest BCUT2D eigenvalue weighted by atomic mass is 9.97. The van der Waals surface area contributed by atoms with E-state index in [1.165, 1.54) is 12.1 Å². The number of pyridine rings is 1. The van der Waals surface area contributed by atoms with Crippen LogP contribution in [-0.4, -0.2) is 23.6 Å². The maximum Gasteiger partial charge on any atom is 0.241 e. The second-order valence-electron chi connectivity index (χ2n) is 8.34. The average molecular weight is 499 g/mol. The van der Waals surface area contributed by atoms with Crippen LogP contribution in [0.4, 0.5) is 4.39 Å². The Kier molecular flexibility index (Phi) is 6.45. The predicted octanol–water partition coefficient (Wildman–Crippen LogP) is 5.98. The number of halogens is 1. The maximum absolute atomic E-state index is 13.5. The van der Waals surface area contributed by atoms with Crippen molar-refractivity contribution in [1.29, 1.82) is 0 Å². The van der Waals surface area contributed by atoms with Crippen LogP contribution in [0.15, 0.2) is 108 Å². The summed E-state index contributed by atoms with van der Waals surface area (Å²) in [5, 5.41) is 7.46. The van der Waals surface area contributed by atoms with Gasteiger partial charge in [-0.1, -0.05) is 42.5 Å². The summed E-state index contributed by atoms with van der Waals surface area (Å²) in [6.07, 6.45) is 3.31. The normalized spacial score (nSPS) is 12.4. The van der Waals surface area contributed by atoms with Gasteiger partial charge in [-0.25, -0.2) is 17.5 Å². The number of nitrogens with one attached hydrogen (secondary N) is 2. The van der Waals surface area contributed by atoms with E-state index in [-0.39, 0.29) is 10.7 Å². The Morgan fingerprint density at radius 1 is 0.778 bits per heavy atom. The fourth-order valence-electron chi connectivity index (χ4n) is 4.11. The molecule has 0 unspecified atom stereocenters. The second-order valence-corrected chi connectivity index (χ2v) is 10.1. The van der Waals surface area contributed by atoms with E-state index in [0.717, 1.165) is 22.3 Å². The van der Waals surface area contributed by atoms with Crippen LogP contribution in [0.5, 0.6) is 0 Å². The number of benzene rings is 3. The van der Waals surface area contributed by atoms with Crippen LogP contribution in [0.25, 0.3) is 33.5 Å². The molecule has 0 radical (unpaired) electrons. The van der Waals surface area contributed by atoms with Crippen molar-refractivity contribution in [1.82, 2.24) is 19.9 Å². The number of hydrogen-bond acceptors (Lipinski definition) is 4. The summed E-state index contributed by atoms with van der Waals surface area (Å²) in [5.74, 6) is -0.348. The van der Waals surface area contributed by atoms with Gasteiger partial charge in [0.2, 0.25) is 10.0 Å². The molecular formula is C28H23FN4O2S. The standard InChI is InChI=1S/C28H23FN4O2S/c1-19(33-36(34,35)25-13-9-21(10-14-25)20-5-3-2-4-6-20)27-26(22-15-17-30-18-16-22)28(32-31-27)23-7-11-24(29)12-8-23/h2-19,33H,1H3,(H,31,32)/t19-/m1/s1. The average Bonchev–Trinajstić information content (AvgIpc) is 3.35.